The summed E-state index contributed by atoms with van der Waals surface area (Å²) in [5, 5.41) is 2.56. The fourth-order valence-electron chi connectivity index (χ4n) is 3.39. The van der Waals surface area contributed by atoms with Gasteiger partial charge in [-0.3, -0.25) is 9.29 Å². The minimum atomic E-state index is -2.38. The molecule has 146 valence electrons. The zero-order valence-electron chi connectivity index (χ0n) is 14.9. The third kappa shape index (κ3) is 3.80. The van der Waals surface area contributed by atoms with Crippen molar-refractivity contribution in [2.75, 3.05) is 13.2 Å². The Labute approximate surface area is 156 Å². The summed E-state index contributed by atoms with van der Waals surface area (Å²) in [5.41, 5.74) is 0.230. The van der Waals surface area contributed by atoms with Gasteiger partial charge in [0, 0.05) is 19.2 Å². The van der Waals surface area contributed by atoms with Crippen LogP contribution >= 0.6 is 0 Å². The van der Waals surface area contributed by atoms with Crippen molar-refractivity contribution in [3.8, 4) is 0 Å². The number of amides is 2. The predicted molar refractivity (Wildman–Crippen MR) is 93.1 cm³/mol. The van der Waals surface area contributed by atoms with Crippen LogP contribution in [0.15, 0.2) is 42.6 Å². The molecule has 0 saturated carbocycles. The highest BCUT2D eigenvalue weighted by molar-refractivity contribution is 5.89. The van der Waals surface area contributed by atoms with Crippen LogP contribution in [0.3, 0.4) is 0 Å². The van der Waals surface area contributed by atoms with E-state index in [0.717, 1.165) is 4.90 Å². The molecule has 0 aromatic heterocycles. The number of carbonyl (C=O) groups excluding carboxylic acids is 2. The third-order valence-corrected chi connectivity index (χ3v) is 4.66. The second-order valence-corrected chi connectivity index (χ2v) is 6.53. The maximum Gasteiger partial charge on any atom is 0.338 e. The number of ether oxygens (including phenoxy) is 2. The Kier molecular flexibility index (Phi) is 5.74. The molecule has 27 heavy (non-hydrogen) atoms. The summed E-state index contributed by atoms with van der Waals surface area (Å²) in [6.45, 7) is 1.06. The molecular formula is C19H22F2N2O4. The van der Waals surface area contributed by atoms with E-state index < -0.39 is 42.8 Å². The molecule has 8 heteroatoms. The van der Waals surface area contributed by atoms with E-state index in [1.165, 1.54) is 18.3 Å². The zero-order chi connectivity index (χ0) is 19.4. The van der Waals surface area contributed by atoms with E-state index in [0.29, 0.717) is 13.0 Å². The minimum Gasteiger partial charge on any atom is -0.452 e. The SMILES string of the molecule is CCCC1(F)OC(N2C=CCNC2=O)C(CF)C1OC(=O)c1ccccc1. The molecule has 1 aromatic carbocycles. The number of urea groups is 1. The molecule has 1 fully saturated rings. The Hall–Kier alpha value is -2.48. The van der Waals surface area contributed by atoms with E-state index in [4.69, 9.17) is 9.47 Å². The first-order chi connectivity index (χ1) is 13.0. The molecule has 6 nitrogen and oxygen atoms in total. The van der Waals surface area contributed by atoms with Gasteiger partial charge in [-0.15, -0.1) is 0 Å². The van der Waals surface area contributed by atoms with Crippen LogP contribution in [0.2, 0.25) is 0 Å². The minimum absolute atomic E-state index is 0.0914. The van der Waals surface area contributed by atoms with Crippen molar-refractivity contribution < 1.29 is 27.8 Å². The maximum absolute atomic E-state index is 15.6. The van der Waals surface area contributed by atoms with Gasteiger partial charge in [0.05, 0.1) is 11.5 Å². The summed E-state index contributed by atoms with van der Waals surface area (Å²) >= 11 is 0. The van der Waals surface area contributed by atoms with Gasteiger partial charge in [0.2, 0.25) is 5.85 Å². The largest absolute Gasteiger partial charge is 0.452 e. The summed E-state index contributed by atoms with van der Waals surface area (Å²) in [4.78, 5) is 25.6. The molecule has 0 radical (unpaired) electrons. The molecule has 1 N–H and O–H groups in total. The number of alkyl halides is 2. The van der Waals surface area contributed by atoms with Crippen LogP contribution in [-0.2, 0) is 9.47 Å². The molecule has 1 saturated heterocycles. The summed E-state index contributed by atoms with van der Waals surface area (Å²) in [6, 6.07) is 7.56. The molecular weight excluding hydrogens is 358 g/mol. The van der Waals surface area contributed by atoms with E-state index in [-0.39, 0.29) is 12.0 Å². The molecule has 4 unspecified atom stereocenters. The summed E-state index contributed by atoms with van der Waals surface area (Å²) in [5.74, 6) is -4.30. The number of rotatable bonds is 6. The lowest BCUT2D eigenvalue weighted by atomic mass is 9.96. The second kappa shape index (κ2) is 8.04. The van der Waals surface area contributed by atoms with Crippen LogP contribution in [-0.4, -0.2) is 48.3 Å². The number of benzene rings is 1. The molecule has 4 atom stereocenters. The molecule has 2 aliphatic heterocycles. The van der Waals surface area contributed by atoms with Crippen molar-refractivity contribution in [2.45, 2.75) is 38.0 Å². The molecule has 0 bridgehead atoms. The Morgan fingerprint density at radius 2 is 2.15 bits per heavy atom. The van der Waals surface area contributed by atoms with Crippen LogP contribution < -0.4 is 5.32 Å². The van der Waals surface area contributed by atoms with Gasteiger partial charge in [0.1, 0.15) is 6.67 Å². The normalized spacial score (nSPS) is 30.3. The Balaban J connectivity index is 1.88. The van der Waals surface area contributed by atoms with Gasteiger partial charge in [0.25, 0.3) is 0 Å². The molecule has 1 aromatic rings. The highest BCUT2D eigenvalue weighted by atomic mass is 19.2. The molecule has 3 rings (SSSR count). The van der Waals surface area contributed by atoms with Gasteiger partial charge in [-0.1, -0.05) is 31.5 Å². The van der Waals surface area contributed by atoms with Crippen LogP contribution in [0.25, 0.3) is 0 Å². The van der Waals surface area contributed by atoms with Gasteiger partial charge < -0.3 is 14.8 Å². The average Bonchev–Trinajstić information content (AvgIpc) is 2.94. The number of halogens is 2. The highest BCUT2D eigenvalue weighted by Gasteiger charge is 2.60. The summed E-state index contributed by atoms with van der Waals surface area (Å²) in [6.07, 6.45) is 0.693. The van der Waals surface area contributed by atoms with E-state index in [1.807, 2.05) is 0 Å². The number of carbonyl (C=O) groups is 2. The van der Waals surface area contributed by atoms with E-state index >= 15 is 4.39 Å². The number of hydrogen-bond donors (Lipinski definition) is 1. The Morgan fingerprint density at radius 3 is 2.78 bits per heavy atom. The van der Waals surface area contributed by atoms with Gasteiger partial charge in [-0.2, -0.15) is 0 Å². The number of nitrogens with zero attached hydrogens (tertiary/aromatic N) is 1. The molecule has 0 spiro atoms. The average molecular weight is 380 g/mol. The van der Waals surface area contributed by atoms with Crippen molar-refractivity contribution in [1.29, 1.82) is 0 Å². The molecule has 0 aliphatic carbocycles. The van der Waals surface area contributed by atoms with Crippen molar-refractivity contribution in [2.24, 2.45) is 5.92 Å². The lowest BCUT2D eigenvalue weighted by Crippen LogP contribution is -2.49. The van der Waals surface area contributed by atoms with Crippen LogP contribution in [0.4, 0.5) is 13.6 Å². The maximum atomic E-state index is 15.6. The highest BCUT2D eigenvalue weighted by Crippen LogP contribution is 2.44. The fourth-order valence-corrected chi connectivity index (χ4v) is 3.39. The quantitative estimate of drug-likeness (QED) is 0.770. The predicted octanol–water partition coefficient (Wildman–Crippen LogP) is 3.16. The lowest BCUT2D eigenvalue weighted by molar-refractivity contribution is -0.193. The third-order valence-electron chi connectivity index (χ3n) is 4.66. The molecule has 2 amide bonds. The van der Waals surface area contributed by atoms with Crippen LogP contribution in [0, 0.1) is 5.92 Å². The monoisotopic (exact) mass is 380 g/mol. The number of hydrogen-bond acceptors (Lipinski definition) is 4. The van der Waals surface area contributed by atoms with Gasteiger partial charge in [-0.25, -0.2) is 14.0 Å². The van der Waals surface area contributed by atoms with E-state index in [1.54, 1.807) is 31.2 Å². The van der Waals surface area contributed by atoms with E-state index in [2.05, 4.69) is 5.32 Å². The first-order valence-corrected chi connectivity index (χ1v) is 8.91. The Bertz CT molecular complexity index is 715. The van der Waals surface area contributed by atoms with Crippen molar-refractivity contribution in [3.05, 3.63) is 48.2 Å². The van der Waals surface area contributed by atoms with Crippen molar-refractivity contribution >= 4 is 12.0 Å². The van der Waals surface area contributed by atoms with Gasteiger partial charge in [-0.05, 0) is 18.2 Å². The second-order valence-electron chi connectivity index (χ2n) is 6.53. The van der Waals surface area contributed by atoms with Crippen LogP contribution in [0.1, 0.15) is 30.1 Å². The summed E-state index contributed by atoms with van der Waals surface area (Å²) in [7, 11) is 0. The number of nitrogens with one attached hydrogen (secondary N) is 1. The van der Waals surface area contributed by atoms with Gasteiger partial charge in [0.15, 0.2) is 12.3 Å². The smallest absolute Gasteiger partial charge is 0.338 e. The molecule has 2 heterocycles. The topological polar surface area (TPSA) is 67.9 Å². The lowest BCUT2D eigenvalue weighted by Gasteiger charge is -2.30. The molecule has 2 aliphatic rings. The number of esters is 1. The summed E-state index contributed by atoms with van der Waals surface area (Å²) < 4.78 is 40.3. The van der Waals surface area contributed by atoms with Crippen LogP contribution in [0.5, 0.6) is 0 Å². The standard InChI is InChI=1S/C19H22F2N2O4/c1-2-9-19(21)15(26-17(24)13-7-4-3-5-8-13)14(12-20)16(27-19)23-11-6-10-22-18(23)25/h3-8,11,14-16H,2,9-10,12H2,1H3,(H,22,25). The zero-order valence-corrected chi connectivity index (χ0v) is 14.9. The first-order valence-electron chi connectivity index (χ1n) is 8.91. The van der Waals surface area contributed by atoms with E-state index in [9.17, 15) is 14.0 Å². The van der Waals surface area contributed by atoms with Crippen molar-refractivity contribution in [1.82, 2.24) is 10.2 Å². The Morgan fingerprint density at radius 1 is 1.41 bits per heavy atom. The first kappa shape index (κ1) is 19.3. The fraction of sp³-hybridized carbons (Fsp3) is 0.474. The van der Waals surface area contributed by atoms with Crippen molar-refractivity contribution in [3.63, 3.8) is 0 Å². The van der Waals surface area contributed by atoms with Gasteiger partial charge >= 0.3 is 12.0 Å².